The summed E-state index contributed by atoms with van der Waals surface area (Å²) in [6.45, 7) is -0.530. The number of benzene rings is 2. The van der Waals surface area contributed by atoms with E-state index in [1.165, 1.54) is 29.8 Å². The average molecular weight is 374 g/mol. The summed E-state index contributed by atoms with van der Waals surface area (Å²) in [5, 5.41) is 2.71. The maximum absolute atomic E-state index is 12.5. The number of rotatable bonds is 6. The van der Waals surface area contributed by atoms with Crippen molar-refractivity contribution in [1.29, 1.82) is 0 Å². The number of ether oxygens (including phenoxy) is 1. The van der Waals surface area contributed by atoms with Crippen molar-refractivity contribution in [3.63, 3.8) is 0 Å². The summed E-state index contributed by atoms with van der Waals surface area (Å²) in [6, 6.07) is 13.4. The van der Waals surface area contributed by atoms with Crippen molar-refractivity contribution in [1.82, 2.24) is 0 Å². The van der Waals surface area contributed by atoms with Crippen molar-refractivity contribution in [2.24, 2.45) is 5.92 Å². The molecule has 2 aromatic rings. The highest BCUT2D eigenvalue weighted by atomic mass is 19.3. The first kappa shape index (κ1) is 18.8. The molecule has 1 saturated heterocycles. The standard InChI is InChI=1S/C20H20F2N2O3/c1-2-13-3-7-16(8-4-13)24-12-14(11-18(24)25)19(26)23-15-5-9-17(10-6-15)27-20(21)22/h3-10,14,20H,2,11-12H2,1H3,(H,23,26). The fraction of sp³-hybridized carbons (Fsp3) is 0.300. The normalized spacial score (nSPS) is 16.7. The van der Waals surface area contributed by atoms with Crippen LogP contribution in [0.3, 0.4) is 0 Å². The maximum Gasteiger partial charge on any atom is 0.387 e. The third-order valence-electron chi connectivity index (χ3n) is 4.50. The number of nitrogens with one attached hydrogen (secondary N) is 1. The molecule has 1 N–H and O–H groups in total. The molecular formula is C20H20F2N2O3. The molecule has 27 heavy (non-hydrogen) atoms. The minimum Gasteiger partial charge on any atom is -0.435 e. The van der Waals surface area contributed by atoms with Crippen LogP contribution in [0.2, 0.25) is 0 Å². The molecular weight excluding hydrogens is 354 g/mol. The van der Waals surface area contributed by atoms with Crippen LogP contribution in [0.4, 0.5) is 20.2 Å². The third kappa shape index (κ3) is 4.61. The number of alkyl halides is 2. The lowest BCUT2D eigenvalue weighted by Gasteiger charge is -2.17. The van der Waals surface area contributed by atoms with Crippen molar-refractivity contribution in [2.45, 2.75) is 26.4 Å². The van der Waals surface area contributed by atoms with Gasteiger partial charge in [-0.3, -0.25) is 9.59 Å². The molecule has 0 radical (unpaired) electrons. The van der Waals surface area contributed by atoms with E-state index < -0.39 is 12.5 Å². The van der Waals surface area contributed by atoms with Gasteiger partial charge in [0.25, 0.3) is 0 Å². The van der Waals surface area contributed by atoms with Gasteiger partial charge in [0.05, 0.1) is 5.92 Å². The molecule has 0 saturated carbocycles. The van der Waals surface area contributed by atoms with E-state index in [0.29, 0.717) is 12.2 Å². The molecule has 2 aromatic carbocycles. The first-order chi connectivity index (χ1) is 13.0. The summed E-state index contributed by atoms with van der Waals surface area (Å²) in [4.78, 5) is 26.4. The second-order valence-electron chi connectivity index (χ2n) is 6.32. The number of halogens is 2. The first-order valence-electron chi connectivity index (χ1n) is 8.71. The molecule has 3 rings (SSSR count). The minimum absolute atomic E-state index is 0.0146. The van der Waals surface area contributed by atoms with Crippen LogP contribution in [0.15, 0.2) is 48.5 Å². The van der Waals surface area contributed by atoms with Crippen molar-refractivity contribution >= 4 is 23.2 Å². The van der Waals surface area contributed by atoms with E-state index in [2.05, 4.69) is 17.0 Å². The van der Waals surface area contributed by atoms with Gasteiger partial charge in [0.1, 0.15) is 5.75 Å². The van der Waals surface area contributed by atoms with Crippen LogP contribution in [0.5, 0.6) is 5.75 Å². The molecule has 0 aromatic heterocycles. The smallest absolute Gasteiger partial charge is 0.387 e. The molecule has 142 valence electrons. The van der Waals surface area contributed by atoms with Gasteiger partial charge in [-0.1, -0.05) is 19.1 Å². The van der Waals surface area contributed by atoms with Crippen LogP contribution in [0.1, 0.15) is 18.9 Å². The average Bonchev–Trinajstić information content (AvgIpc) is 3.05. The largest absolute Gasteiger partial charge is 0.435 e. The highest BCUT2D eigenvalue weighted by molar-refractivity contribution is 6.03. The van der Waals surface area contributed by atoms with Crippen LogP contribution >= 0.6 is 0 Å². The van der Waals surface area contributed by atoms with Gasteiger partial charge in [0.15, 0.2) is 0 Å². The Hall–Kier alpha value is -2.96. The Kier molecular flexibility index (Phi) is 5.69. The second kappa shape index (κ2) is 8.16. The van der Waals surface area contributed by atoms with Gasteiger partial charge in [-0.15, -0.1) is 0 Å². The molecule has 1 unspecified atom stereocenters. The number of nitrogens with zero attached hydrogens (tertiary/aromatic N) is 1. The van der Waals surface area contributed by atoms with Crippen molar-refractivity contribution in [2.75, 3.05) is 16.8 Å². The Labute approximate surface area is 155 Å². The SMILES string of the molecule is CCc1ccc(N2CC(C(=O)Nc3ccc(OC(F)F)cc3)CC2=O)cc1. The van der Waals surface area contributed by atoms with Crippen LogP contribution in [0, 0.1) is 5.92 Å². The Balaban J connectivity index is 1.61. The van der Waals surface area contributed by atoms with Crippen LogP contribution in [0.25, 0.3) is 0 Å². The van der Waals surface area contributed by atoms with Crippen molar-refractivity contribution in [3.8, 4) is 5.75 Å². The number of anilines is 2. The molecule has 5 nitrogen and oxygen atoms in total. The van der Waals surface area contributed by atoms with Crippen LogP contribution < -0.4 is 15.0 Å². The predicted octanol–water partition coefficient (Wildman–Crippen LogP) is 3.84. The maximum atomic E-state index is 12.5. The Morgan fingerprint density at radius 2 is 1.85 bits per heavy atom. The number of aryl methyl sites for hydroxylation is 1. The van der Waals surface area contributed by atoms with Crippen LogP contribution in [-0.4, -0.2) is 25.0 Å². The Morgan fingerprint density at radius 1 is 1.19 bits per heavy atom. The molecule has 1 fully saturated rings. The summed E-state index contributed by atoms with van der Waals surface area (Å²) in [6.07, 6.45) is 1.05. The first-order valence-corrected chi connectivity index (χ1v) is 8.71. The van der Waals surface area contributed by atoms with Gasteiger partial charge in [-0.05, 0) is 48.4 Å². The van der Waals surface area contributed by atoms with Gasteiger partial charge in [-0.2, -0.15) is 8.78 Å². The van der Waals surface area contributed by atoms with E-state index in [1.54, 1.807) is 4.90 Å². The van der Waals surface area contributed by atoms with E-state index in [9.17, 15) is 18.4 Å². The van der Waals surface area contributed by atoms with E-state index in [1.807, 2.05) is 24.3 Å². The van der Waals surface area contributed by atoms with Crippen molar-refractivity contribution < 1.29 is 23.1 Å². The molecule has 1 heterocycles. The third-order valence-corrected chi connectivity index (χ3v) is 4.50. The zero-order chi connectivity index (χ0) is 19.4. The van der Waals surface area contributed by atoms with Crippen LogP contribution in [-0.2, 0) is 16.0 Å². The number of carbonyl (C=O) groups excluding carboxylic acids is 2. The molecule has 2 amide bonds. The number of amides is 2. The zero-order valence-corrected chi connectivity index (χ0v) is 14.8. The van der Waals surface area contributed by atoms with E-state index in [0.717, 1.165) is 12.1 Å². The lowest BCUT2D eigenvalue weighted by Crippen LogP contribution is -2.28. The lowest BCUT2D eigenvalue weighted by molar-refractivity contribution is -0.122. The predicted molar refractivity (Wildman–Crippen MR) is 98.0 cm³/mol. The van der Waals surface area contributed by atoms with E-state index in [4.69, 9.17) is 0 Å². The summed E-state index contributed by atoms with van der Waals surface area (Å²) >= 11 is 0. The highest BCUT2D eigenvalue weighted by Crippen LogP contribution is 2.27. The quantitative estimate of drug-likeness (QED) is 0.836. The Morgan fingerprint density at radius 3 is 2.44 bits per heavy atom. The number of carbonyl (C=O) groups is 2. The summed E-state index contributed by atoms with van der Waals surface area (Å²) < 4.78 is 28.6. The van der Waals surface area contributed by atoms with Gasteiger partial charge in [-0.25, -0.2) is 0 Å². The van der Waals surface area contributed by atoms with Gasteiger partial charge >= 0.3 is 6.61 Å². The fourth-order valence-corrected chi connectivity index (χ4v) is 3.01. The summed E-state index contributed by atoms with van der Waals surface area (Å²) in [5.74, 6) is -0.834. The van der Waals surface area contributed by atoms with Crippen molar-refractivity contribution in [3.05, 3.63) is 54.1 Å². The van der Waals surface area contributed by atoms with E-state index in [-0.39, 0.29) is 24.0 Å². The Bertz CT molecular complexity index is 807. The fourth-order valence-electron chi connectivity index (χ4n) is 3.01. The number of hydrogen-bond acceptors (Lipinski definition) is 3. The topological polar surface area (TPSA) is 58.6 Å². The molecule has 0 bridgehead atoms. The molecule has 1 atom stereocenters. The lowest BCUT2D eigenvalue weighted by atomic mass is 10.1. The van der Waals surface area contributed by atoms with Gasteiger partial charge in [0, 0.05) is 24.3 Å². The second-order valence-corrected chi connectivity index (χ2v) is 6.32. The zero-order valence-electron chi connectivity index (χ0n) is 14.8. The molecule has 1 aliphatic rings. The summed E-state index contributed by atoms with van der Waals surface area (Å²) in [7, 11) is 0. The minimum atomic E-state index is -2.90. The molecule has 0 spiro atoms. The highest BCUT2D eigenvalue weighted by Gasteiger charge is 2.35. The monoisotopic (exact) mass is 374 g/mol. The van der Waals surface area contributed by atoms with Gasteiger partial charge in [0.2, 0.25) is 11.8 Å². The van der Waals surface area contributed by atoms with Gasteiger partial charge < -0.3 is 15.0 Å². The number of hydrogen-bond donors (Lipinski definition) is 1. The summed E-state index contributed by atoms with van der Waals surface area (Å²) in [5.41, 5.74) is 2.42. The van der Waals surface area contributed by atoms with E-state index >= 15 is 0 Å². The molecule has 1 aliphatic heterocycles. The molecule has 7 heteroatoms. The molecule has 0 aliphatic carbocycles.